The van der Waals surface area contributed by atoms with Crippen LogP contribution in [0.25, 0.3) is 0 Å². The third-order valence-corrected chi connectivity index (χ3v) is 4.58. The summed E-state index contributed by atoms with van der Waals surface area (Å²) in [6.45, 7) is -5.01. The highest BCUT2D eigenvalue weighted by atomic mass is 19.2. The van der Waals surface area contributed by atoms with Crippen LogP contribution in [0.1, 0.15) is 5.56 Å². The Hall–Kier alpha value is -3.37. The van der Waals surface area contributed by atoms with Crippen LogP contribution in [0, 0.1) is 29.1 Å². The number of nitrogens with zero attached hydrogens (tertiary/aromatic N) is 3. The molecule has 0 unspecified atom stereocenters. The van der Waals surface area contributed by atoms with E-state index in [1.807, 2.05) is 0 Å². The number of benzene rings is 1. The molecule has 0 heterocycles. The van der Waals surface area contributed by atoms with Gasteiger partial charge in [0.1, 0.15) is 0 Å². The van der Waals surface area contributed by atoms with Crippen LogP contribution >= 0.6 is 0 Å². The Labute approximate surface area is 194 Å². The SMILES string of the molecule is O=C(O)CN(CCN(CC(=O)O)CC(=O)O)CCN(CC(=O)O)Cc1c(F)c(F)c(F)c(F)c1F. The summed E-state index contributed by atoms with van der Waals surface area (Å²) in [6, 6.07) is 0. The van der Waals surface area contributed by atoms with Crippen molar-refractivity contribution in [1.82, 2.24) is 14.7 Å². The largest absolute Gasteiger partial charge is 0.480 e. The van der Waals surface area contributed by atoms with Gasteiger partial charge in [-0.2, -0.15) is 0 Å². The van der Waals surface area contributed by atoms with Crippen molar-refractivity contribution in [3.8, 4) is 0 Å². The van der Waals surface area contributed by atoms with Gasteiger partial charge in [0.25, 0.3) is 0 Å². The Morgan fingerprint density at radius 3 is 1.17 bits per heavy atom. The molecule has 11 nitrogen and oxygen atoms in total. The van der Waals surface area contributed by atoms with Crippen molar-refractivity contribution in [3.05, 3.63) is 34.6 Å². The quantitative estimate of drug-likeness (QED) is 0.135. The highest BCUT2D eigenvalue weighted by Crippen LogP contribution is 2.24. The second-order valence-electron chi connectivity index (χ2n) is 7.32. The van der Waals surface area contributed by atoms with Gasteiger partial charge in [-0.15, -0.1) is 0 Å². The number of aliphatic carboxylic acids is 4. The first-order chi connectivity index (χ1) is 16.2. The lowest BCUT2D eigenvalue weighted by Gasteiger charge is -2.28. The third kappa shape index (κ3) is 9.79. The predicted octanol–water partition coefficient (Wildman–Crippen LogP) is 0.127. The Kier molecular flexibility index (Phi) is 11.4. The summed E-state index contributed by atoms with van der Waals surface area (Å²) < 4.78 is 68.2. The number of carbonyl (C=O) groups is 4. The van der Waals surface area contributed by atoms with Crippen LogP contribution in [0.3, 0.4) is 0 Å². The normalized spacial score (nSPS) is 11.4. The van der Waals surface area contributed by atoms with E-state index in [4.69, 9.17) is 20.4 Å². The highest BCUT2D eigenvalue weighted by molar-refractivity contribution is 5.72. The van der Waals surface area contributed by atoms with E-state index >= 15 is 0 Å². The van der Waals surface area contributed by atoms with Crippen LogP contribution in [0.4, 0.5) is 22.0 Å². The first-order valence-corrected chi connectivity index (χ1v) is 9.77. The van der Waals surface area contributed by atoms with Crippen LogP contribution < -0.4 is 0 Å². The summed E-state index contributed by atoms with van der Waals surface area (Å²) in [5, 5.41) is 35.9. The monoisotopic (exact) mass is 515 g/mol. The minimum atomic E-state index is -2.38. The van der Waals surface area contributed by atoms with Gasteiger partial charge in [0.05, 0.1) is 26.2 Å². The molecule has 0 saturated carbocycles. The van der Waals surface area contributed by atoms with Gasteiger partial charge in [0, 0.05) is 38.3 Å². The molecule has 1 aromatic rings. The van der Waals surface area contributed by atoms with Gasteiger partial charge in [-0.1, -0.05) is 0 Å². The van der Waals surface area contributed by atoms with Gasteiger partial charge in [-0.05, 0) is 0 Å². The van der Waals surface area contributed by atoms with Crippen molar-refractivity contribution in [2.45, 2.75) is 6.54 Å². The summed E-state index contributed by atoms with van der Waals surface area (Å²) in [5.74, 6) is -16.6. The van der Waals surface area contributed by atoms with E-state index < -0.39 is 97.8 Å². The molecule has 0 aliphatic carbocycles. The molecule has 16 heteroatoms. The fourth-order valence-corrected chi connectivity index (χ4v) is 3.04. The average Bonchev–Trinajstić information content (AvgIpc) is 2.73. The van der Waals surface area contributed by atoms with Gasteiger partial charge >= 0.3 is 23.9 Å². The van der Waals surface area contributed by atoms with E-state index in [-0.39, 0.29) is 19.6 Å². The smallest absolute Gasteiger partial charge is 0.317 e. The molecule has 0 aliphatic rings. The van der Waals surface area contributed by atoms with Crippen LogP contribution in [-0.2, 0) is 25.7 Å². The lowest BCUT2D eigenvalue weighted by atomic mass is 10.1. The maximum absolute atomic E-state index is 14.0. The lowest BCUT2D eigenvalue weighted by Crippen LogP contribution is -2.44. The van der Waals surface area contributed by atoms with Crippen molar-refractivity contribution in [2.75, 3.05) is 52.4 Å². The zero-order chi connectivity index (χ0) is 26.9. The standard InChI is InChI=1S/C19H22F5N3O8/c20-15-10(16(21)18(23)19(24)17(15)22)5-26(7-12(30)31)3-1-25(6-11(28)29)2-4-27(8-13(32)33)9-14(34)35/h1-9H2,(H,28,29)(H,30,31)(H,32,33)(H,34,35). The van der Waals surface area contributed by atoms with Gasteiger partial charge in [0.2, 0.25) is 5.82 Å². The number of carboxylic acids is 4. The van der Waals surface area contributed by atoms with Gasteiger partial charge in [-0.3, -0.25) is 33.9 Å². The molecule has 0 aromatic heterocycles. The summed E-state index contributed by atoms with van der Waals surface area (Å²) in [4.78, 5) is 47.0. The molecule has 1 aromatic carbocycles. The Morgan fingerprint density at radius 1 is 0.486 bits per heavy atom. The van der Waals surface area contributed by atoms with E-state index in [1.165, 1.54) is 0 Å². The molecule has 0 radical (unpaired) electrons. The molecular weight excluding hydrogens is 493 g/mol. The minimum Gasteiger partial charge on any atom is -0.480 e. The molecule has 0 atom stereocenters. The van der Waals surface area contributed by atoms with E-state index in [0.717, 1.165) is 14.7 Å². The summed E-state index contributed by atoms with van der Waals surface area (Å²) in [7, 11) is 0. The number of hydrogen-bond donors (Lipinski definition) is 4. The van der Waals surface area contributed by atoms with Crippen molar-refractivity contribution in [3.63, 3.8) is 0 Å². The molecule has 0 fully saturated rings. The molecule has 1 rings (SSSR count). The van der Waals surface area contributed by atoms with Crippen LogP contribution in [0.5, 0.6) is 0 Å². The molecule has 196 valence electrons. The van der Waals surface area contributed by atoms with Crippen molar-refractivity contribution >= 4 is 23.9 Å². The summed E-state index contributed by atoms with van der Waals surface area (Å²) in [5.41, 5.74) is -1.28. The maximum atomic E-state index is 14.0. The van der Waals surface area contributed by atoms with Gasteiger partial charge in [0.15, 0.2) is 23.3 Å². The van der Waals surface area contributed by atoms with E-state index in [2.05, 4.69) is 0 Å². The summed E-state index contributed by atoms with van der Waals surface area (Å²) >= 11 is 0. The van der Waals surface area contributed by atoms with Crippen molar-refractivity contribution in [1.29, 1.82) is 0 Å². The first-order valence-electron chi connectivity index (χ1n) is 9.77. The van der Waals surface area contributed by atoms with Crippen molar-refractivity contribution in [2.24, 2.45) is 0 Å². The maximum Gasteiger partial charge on any atom is 0.317 e. The zero-order valence-corrected chi connectivity index (χ0v) is 18.0. The van der Waals surface area contributed by atoms with E-state index in [1.54, 1.807) is 0 Å². The second kappa shape index (κ2) is 13.5. The Bertz CT molecular complexity index is 920. The molecule has 0 saturated heterocycles. The third-order valence-electron chi connectivity index (χ3n) is 4.58. The molecule has 0 spiro atoms. The Balaban J connectivity index is 3.02. The molecule has 0 bridgehead atoms. The number of hydrogen-bond acceptors (Lipinski definition) is 7. The van der Waals surface area contributed by atoms with Crippen LogP contribution in [0.15, 0.2) is 0 Å². The minimum absolute atomic E-state index is 0.198. The van der Waals surface area contributed by atoms with Gasteiger partial charge < -0.3 is 20.4 Å². The van der Waals surface area contributed by atoms with Crippen LogP contribution in [-0.4, -0.2) is 111 Å². The molecular formula is C19H22F5N3O8. The van der Waals surface area contributed by atoms with Crippen LogP contribution in [0.2, 0.25) is 0 Å². The number of halogens is 5. The fourth-order valence-electron chi connectivity index (χ4n) is 3.04. The fraction of sp³-hybridized carbons (Fsp3) is 0.474. The van der Waals surface area contributed by atoms with Crippen molar-refractivity contribution < 1.29 is 61.6 Å². The molecule has 0 aliphatic heterocycles. The topological polar surface area (TPSA) is 159 Å². The highest BCUT2D eigenvalue weighted by Gasteiger charge is 2.27. The molecule has 35 heavy (non-hydrogen) atoms. The molecule has 4 N–H and O–H groups in total. The lowest BCUT2D eigenvalue weighted by molar-refractivity contribution is -0.143. The summed E-state index contributed by atoms with van der Waals surface area (Å²) in [6.07, 6.45) is 0. The average molecular weight is 515 g/mol. The van der Waals surface area contributed by atoms with Gasteiger partial charge in [-0.25, -0.2) is 22.0 Å². The van der Waals surface area contributed by atoms with E-state index in [0.29, 0.717) is 0 Å². The predicted molar refractivity (Wildman–Crippen MR) is 105 cm³/mol. The number of rotatable bonds is 16. The van der Waals surface area contributed by atoms with E-state index in [9.17, 15) is 41.1 Å². The molecule has 0 amide bonds. The zero-order valence-electron chi connectivity index (χ0n) is 18.0. The first kappa shape index (κ1) is 29.7. The number of carboxylic acid groups (broad SMARTS) is 4. The second-order valence-corrected chi connectivity index (χ2v) is 7.32. The Morgan fingerprint density at radius 2 is 0.771 bits per heavy atom.